The molecule has 1 aromatic rings. The van der Waals surface area contributed by atoms with Gasteiger partial charge in [0.2, 0.25) is 5.91 Å². The van der Waals surface area contributed by atoms with Gasteiger partial charge in [0.25, 0.3) is 0 Å². The van der Waals surface area contributed by atoms with Gasteiger partial charge in [-0.15, -0.1) is 0 Å². The molecule has 6 nitrogen and oxygen atoms in total. The number of hydrogen-bond donors (Lipinski definition) is 0. The highest BCUT2D eigenvalue weighted by Gasteiger charge is 2.47. The van der Waals surface area contributed by atoms with Crippen LogP contribution in [0.25, 0.3) is 0 Å². The number of benzene rings is 1. The van der Waals surface area contributed by atoms with Gasteiger partial charge in [0.15, 0.2) is 20.0 Å². The van der Waals surface area contributed by atoms with Crippen LogP contribution in [0.5, 0.6) is 0 Å². The lowest BCUT2D eigenvalue weighted by molar-refractivity contribution is -0.122. The smallest absolute Gasteiger partial charge is 0.411 e. The summed E-state index contributed by atoms with van der Waals surface area (Å²) in [6.45, 7) is 16.1. The molecule has 0 aliphatic carbocycles. The van der Waals surface area contributed by atoms with Crippen LogP contribution in [0.3, 0.4) is 0 Å². The number of amides is 2. The first-order valence-electron chi connectivity index (χ1n) is 10.8. The predicted octanol–water partition coefficient (Wildman–Crippen LogP) is 5.33. The zero-order chi connectivity index (χ0) is 24.6. The quantitative estimate of drug-likeness (QED) is 0.558. The van der Waals surface area contributed by atoms with E-state index in [2.05, 4.69) is 33.9 Å². The SMILES string of the molecule is CN(C(=O)[C@@H]1C[C@H](O[Si](C)(C)C(C)(C)C)CN1C(=O)OC(C)(C)C)c1ccc(F)c(F)c1. The molecular formula is C23H36F2N2O4Si. The van der Waals surface area contributed by atoms with Gasteiger partial charge in [0.05, 0.1) is 6.10 Å². The minimum atomic E-state index is -2.15. The Balaban J connectivity index is 2.31. The van der Waals surface area contributed by atoms with Crippen LogP contribution in [0, 0.1) is 11.6 Å². The van der Waals surface area contributed by atoms with Crippen molar-refractivity contribution in [3.63, 3.8) is 0 Å². The molecule has 0 spiro atoms. The number of likely N-dealkylation sites (tertiary alicyclic amines) is 1. The topological polar surface area (TPSA) is 59.1 Å². The molecule has 1 heterocycles. The summed E-state index contributed by atoms with van der Waals surface area (Å²) in [4.78, 5) is 28.9. The van der Waals surface area contributed by atoms with E-state index in [4.69, 9.17) is 9.16 Å². The Morgan fingerprint density at radius 3 is 2.19 bits per heavy atom. The summed E-state index contributed by atoms with van der Waals surface area (Å²) >= 11 is 0. The molecule has 32 heavy (non-hydrogen) atoms. The van der Waals surface area contributed by atoms with E-state index in [0.717, 1.165) is 12.1 Å². The van der Waals surface area contributed by atoms with E-state index in [1.165, 1.54) is 22.9 Å². The summed E-state index contributed by atoms with van der Waals surface area (Å²) in [7, 11) is -0.669. The molecule has 2 amide bonds. The Morgan fingerprint density at radius 1 is 1.09 bits per heavy atom. The third-order valence-electron chi connectivity index (χ3n) is 6.06. The van der Waals surface area contributed by atoms with Crippen molar-refractivity contribution >= 4 is 26.0 Å². The molecule has 0 radical (unpaired) electrons. The van der Waals surface area contributed by atoms with Crippen LogP contribution in [-0.4, -0.2) is 56.6 Å². The molecule has 1 aliphatic heterocycles. The fourth-order valence-corrected chi connectivity index (χ4v) is 4.63. The van der Waals surface area contributed by atoms with Gasteiger partial charge in [0, 0.05) is 31.8 Å². The third-order valence-corrected chi connectivity index (χ3v) is 10.6. The second-order valence-electron chi connectivity index (χ2n) is 10.9. The van der Waals surface area contributed by atoms with Crippen LogP contribution < -0.4 is 4.90 Å². The Morgan fingerprint density at radius 2 is 1.69 bits per heavy atom. The number of ether oxygens (including phenoxy) is 1. The fraction of sp³-hybridized carbons (Fsp3) is 0.652. The molecule has 1 saturated heterocycles. The summed E-state index contributed by atoms with van der Waals surface area (Å²) in [6.07, 6.45) is -0.620. The number of carbonyl (C=O) groups is 2. The van der Waals surface area contributed by atoms with E-state index in [0.29, 0.717) is 6.42 Å². The molecule has 9 heteroatoms. The Kier molecular flexibility index (Phi) is 7.46. The van der Waals surface area contributed by atoms with Gasteiger partial charge in [-0.25, -0.2) is 13.6 Å². The number of hydrogen-bond acceptors (Lipinski definition) is 4. The number of carbonyl (C=O) groups excluding carboxylic acids is 2. The van der Waals surface area contributed by atoms with E-state index < -0.39 is 43.6 Å². The molecule has 2 atom stereocenters. The zero-order valence-corrected chi connectivity index (χ0v) is 21.6. The van der Waals surface area contributed by atoms with Gasteiger partial charge in [-0.05, 0) is 51.0 Å². The summed E-state index contributed by atoms with van der Waals surface area (Å²) < 4.78 is 39.1. The van der Waals surface area contributed by atoms with Crippen LogP contribution in [0.4, 0.5) is 19.3 Å². The molecule has 0 N–H and O–H groups in total. The summed E-state index contributed by atoms with van der Waals surface area (Å²) in [5.74, 6) is -2.45. The maximum Gasteiger partial charge on any atom is 0.411 e. The lowest BCUT2D eigenvalue weighted by atomic mass is 10.1. The minimum absolute atomic E-state index is 0.0335. The summed E-state index contributed by atoms with van der Waals surface area (Å²) in [5.41, 5.74) is -0.526. The van der Waals surface area contributed by atoms with Crippen molar-refractivity contribution in [3.8, 4) is 0 Å². The minimum Gasteiger partial charge on any atom is -0.444 e. The first-order chi connectivity index (χ1) is 14.4. The highest BCUT2D eigenvalue weighted by atomic mass is 28.4. The molecule has 0 unspecified atom stereocenters. The summed E-state index contributed by atoms with van der Waals surface area (Å²) in [6, 6.07) is 2.42. The van der Waals surface area contributed by atoms with E-state index >= 15 is 0 Å². The second kappa shape index (κ2) is 9.09. The van der Waals surface area contributed by atoms with Gasteiger partial charge in [-0.1, -0.05) is 20.8 Å². The maximum absolute atomic E-state index is 13.7. The van der Waals surface area contributed by atoms with E-state index in [9.17, 15) is 18.4 Å². The van der Waals surface area contributed by atoms with Crippen LogP contribution in [0.1, 0.15) is 48.0 Å². The van der Waals surface area contributed by atoms with Crippen molar-refractivity contribution in [3.05, 3.63) is 29.8 Å². The molecule has 180 valence electrons. The number of rotatable bonds is 4. The second-order valence-corrected chi connectivity index (χ2v) is 15.6. The van der Waals surface area contributed by atoms with E-state index in [1.807, 2.05) is 0 Å². The van der Waals surface area contributed by atoms with E-state index in [1.54, 1.807) is 20.8 Å². The molecule has 1 aliphatic rings. The predicted molar refractivity (Wildman–Crippen MR) is 123 cm³/mol. The van der Waals surface area contributed by atoms with Crippen molar-refractivity contribution < 1.29 is 27.5 Å². The molecule has 2 rings (SSSR count). The van der Waals surface area contributed by atoms with Crippen LogP contribution in [0.15, 0.2) is 18.2 Å². The number of likely N-dealkylation sites (N-methyl/N-ethyl adjacent to an activating group) is 1. The molecule has 0 bridgehead atoms. The fourth-order valence-electron chi connectivity index (χ4n) is 3.28. The summed E-state index contributed by atoms with van der Waals surface area (Å²) in [5, 5.41) is -0.0335. The molecule has 0 saturated carbocycles. The zero-order valence-electron chi connectivity index (χ0n) is 20.6. The number of nitrogens with zero attached hydrogens (tertiary/aromatic N) is 2. The van der Waals surface area contributed by atoms with Crippen LogP contribution in [-0.2, 0) is 14.0 Å². The number of halogens is 2. The normalized spacial score (nSPS) is 19.8. The lowest BCUT2D eigenvalue weighted by Gasteiger charge is -2.38. The van der Waals surface area contributed by atoms with Gasteiger partial charge >= 0.3 is 6.09 Å². The van der Waals surface area contributed by atoms with Gasteiger partial charge in [-0.3, -0.25) is 9.69 Å². The highest BCUT2D eigenvalue weighted by Crippen LogP contribution is 2.39. The van der Waals surface area contributed by atoms with Crippen molar-refractivity contribution in [1.29, 1.82) is 0 Å². The monoisotopic (exact) mass is 470 g/mol. The van der Waals surface area contributed by atoms with Crippen molar-refractivity contribution in [2.24, 2.45) is 0 Å². The average molecular weight is 471 g/mol. The Labute approximate surface area is 191 Å². The molecule has 0 aromatic heterocycles. The standard InChI is InChI=1S/C23H36F2N2O4Si/c1-22(2,3)30-21(29)27-14-16(31-32(8,9)23(4,5)6)13-19(27)20(28)26(7)15-10-11-17(24)18(25)12-15/h10-12,16,19H,13-14H2,1-9H3/t16-,19-/m0/s1. The van der Waals surface area contributed by atoms with Gasteiger partial charge in [-0.2, -0.15) is 0 Å². The average Bonchev–Trinajstić information content (AvgIpc) is 3.03. The van der Waals surface area contributed by atoms with Gasteiger partial charge < -0.3 is 14.1 Å². The molecular weight excluding hydrogens is 434 g/mol. The first kappa shape index (κ1) is 26.3. The largest absolute Gasteiger partial charge is 0.444 e. The number of anilines is 1. The van der Waals surface area contributed by atoms with Gasteiger partial charge in [0.1, 0.15) is 11.6 Å². The lowest BCUT2D eigenvalue weighted by Crippen LogP contribution is -2.48. The molecule has 1 aromatic carbocycles. The van der Waals surface area contributed by atoms with Crippen molar-refractivity contribution in [1.82, 2.24) is 4.90 Å². The van der Waals surface area contributed by atoms with Crippen LogP contribution >= 0.6 is 0 Å². The van der Waals surface area contributed by atoms with Crippen molar-refractivity contribution in [2.45, 2.75) is 83.8 Å². The highest BCUT2D eigenvalue weighted by molar-refractivity contribution is 6.74. The third kappa shape index (κ3) is 6.07. The maximum atomic E-state index is 13.7. The molecule has 1 fully saturated rings. The van der Waals surface area contributed by atoms with Crippen LogP contribution in [0.2, 0.25) is 18.1 Å². The first-order valence-corrected chi connectivity index (χ1v) is 13.7. The van der Waals surface area contributed by atoms with Crippen molar-refractivity contribution in [2.75, 3.05) is 18.5 Å². The Bertz CT molecular complexity index is 865. The Hall–Kier alpha value is -2.00. The van der Waals surface area contributed by atoms with E-state index in [-0.39, 0.29) is 23.4 Å².